The summed E-state index contributed by atoms with van der Waals surface area (Å²) in [6, 6.07) is 5.90. The normalized spacial score (nSPS) is 16.7. The molecule has 0 spiro atoms. The number of carbonyl (C=O) groups is 2. The number of aliphatic imine (C=N–C) groups is 1. The first-order valence-corrected chi connectivity index (χ1v) is 13.6. The van der Waals surface area contributed by atoms with Crippen molar-refractivity contribution in [3.8, 4) is 0 Å². The Balaban J connectivity index is 2.25. The van der Waals surface area contributed by atoms with Crippen molar-refractivity contribution in [1.29, 1.82) is 0 Å². The van der Waals surface area contributed by atoms with Gasteiger partial charge in [-0.15, -0.1) is 0 Å². The quantitative estimate of drug-likeness (QED) is 0.144. The van der Waals surface area contributed by atoms with Crippen molar-refractivity contribution in [2.45, 2.75) is 106 Å². The van der Waals surface area contributed by atoms with Crippen molar-refractivity contribution in [2.24, 2.45) is 16.8 Å². The molecule has 1 fully saturated rings. The second kappa shape index (κ2) is 14.3. The van der Waals surface area contributed by atoms with Crippen LogP contribution in [0.25, 0.3) is 0 Å². The fraction of sp³-hybridized carbons (Fsp3) is 0.581. The summed E-state index contributed by atoms with van der Waals surface area (Å²) in [6.07, 6.45) is 8.77. The molecule has 0 saturated heterocycles. The molecule has 1 atom stereocenters. The maximum Gasteiger partial charge on any atom is 0.323 e. The Morgan fingerprint density at radius 1 is 1.17 bits per heavy atom. The van der Waals surface area contributed by atoms with Crippen LogP contribution >= 0.6 is 0 Å². The molecule has 1 aliphatic carbocycles. The molecule has 1 aliphatic rings. The molecular formula is C31H46N2O3. The van der Waals surface area contributed by atoms with E-state index in [-0.39, 0.29) is 35.7 Å². The van der Waals surface area contributed by atoms with Gasteiger partial charge in [0, 0.05) is 13.0 Å². The highest BCUT2D eigenvalue weighted by molar-refractivity contribution is 6.07. The van der Waals surface area contributed by atoms with Gasteiger partial charge in [-0.05, 0) is 92.7 Å². The van der Waals surface area contributed by atoms with Crippen LogP contribution in [-0.4, -0.2) is 29.6 Å². The molecule has 36 heavy (non-hydrogen) atoms. The van der Waals surface area contributed by atoms with Gasteiger partial charge < -0.3 is 10.1 Å². The van der Waals surface area contributed by atoms with Crippen molar-refractivity contribution < 1.29 is 14.3 Å². The Morgan fingerprint density at radius 3 is 2.39 bits per heavy atom. The van der Waals surface area contributed by atoms with E-state index >= 15 is 0 Å². The number of Topliss-reactive ketones (excluding diaryl/α,β-unsaturated/α-hetero) is 1. The fourth-order valence-electron chi connectivity index (χ4n) is 4.50. The SMILES string of the molecule is C/C=C(\C=C(\C)C(=O)CC)C(=N/c1cc(CNC(C(=O)OC2CCCC2)C(C)C)ccc1C)/C(C)C. The van der Waals surface area contributed by atoms with E-state index < -0.39 is 0 Å². The van der Waals surface area contributed by atoms with E-state index in [1.165, 1.54) is 0 Å². The van der Waals surface area contributed by atoms with E-state index in [1.807, 2.05) is 46.8 Å². The number of benzene rings is 1. The van der Waals surface area contributed by atoms with Crippen molar-refractivity contribution in [2.75, 3.05) is 0 Å². The van der Waals surface area contributed by atoms with Crippen molar-refractivity contribution in [1.82, 2.24) is 5.32 Å². The maximum atomic E-state index is 12.8. The number of allylic oxidation sites excluding steroid dienone is 4. The largest absolute Gasteiger partial charge is 0.461 e. The van der Waals surface area contributed by atoms with Gasteiger partial charge in [-0.25, -0.2) is 0 Å². The second-order valence-electron chi connectivity index (χ2n) is 10.6. The molecule has 1 N–H and O–H groups in total. The molecule has 0 bridgehead atoms. The molecule has 0 aromatic heterocycles. The summed E-state index contributed by atoms with van der Waals surface area (Å²) in [7, 11) is 0. The van der Waals surface area contributed by atoms with Gasteiger partial charge in [-0.1, -0.05) is 52.8 Å². The van der Waals surface area contributed by atoms with E-state index in [2.05, 4.69) is 44.3 Å². The number of rotatable bonds is 12. The maximum absolute atomic E-state index is 12.8. The van der Waals surface area contributed by atoms with Gasteiger partial charge >= 0.3 is 5.97 Å². The van der Waals surface area contributed by atoms with E-state index in [9.17, 15) is 9.59 Å². The molecule has 0 amide bonds. The first-order valence-electron chi connectivity index (χ1n) is 13.6. The predicted molar refractivity (Wildman–Crippen MR) is 150 cm³/mol. The summed E-state index contributed by atoms with van der Waals surface area (Å²) in [5.41, 5.74) is 5.73. The third kappa shape index (κ3) is 8.55. The molecule has 1 saturated carbocycles. The number of nitrogens with one attached hydrogen (secondary N) is 1. The van der Waals surface area contributed by atoms with Crippen LogP contribution in [0.4, 0.5) is 5.69 Å². The zero-order valence-electron chi connectivity index (χ0n) is 23.6. The van der Waals surface area contributed by atoms with Crippen LogP contribution in [0.15, 0.2) is 46.5 Å². The Kier molecular flexibility index (Phi) is 11.8. The van der Waals surface area contributed by atoms with E-state index in [0.29, 0.717) is 13.0 Å². The molecule has 1 aromatic carbocycles. The van der Waals surface area contributed by atoms with Crippen LogP contribution in [0, 0.1) is 18.8 Å². The smallest absolute Gasteiger partial charge is 0.323 e. The van der Waals surface area contributed by atoms with Gasteiger partial charge in [0.2, 0.25) is 0 Å². The van der Waals surface area contributed by atoms with Gasteiger partial charge in [-0.2, -0.15) is 0 Å². The summed E-state index contributed by atoms with van der Waals surface area (Å²) in [5.74, 6) is 0.320. The van der Waals surface area contributed by atoms with Crippen molar-refractivity contribution in [3.05, 3.63) is 52.6 Å². The topological polar surface area (TPSA) is 67.8 Å². The van der Waals surface area contributed by atoms with E-state index in [0.717, 1.165) is 59.4 Å². The van der Waals surface area contributed by atoms with Crippen LogP contribution in [0.2, 0.25) is 0 Å². The number of esters is 1. The summed E-state index contributed by atoms with van der Waals surface area (Å²) in [6.45, 7) is 16.7. The first-order chi connectivity index (χ1) is 17.1. The van der Waals surface area contributed by atoms with E-state index in [1.54, 1.807) is 0 Å². The van der Waals surface area contributed by atoms with Gasteiger partial charge in [0.15, 0.2) is 5.78 Å². The highest BCUT2D eigenvalue weighted by Gasteiger charge is 2.27. The Hall–Kier alpha value is -2.53. The van der Waals surface area contributed by atoms with Crippen LogP contribution in [0.3, 0.4) is 0 Å². The molecule has 5 heteroatoms. The summed E-state index contributed by atoms with van der Waals surface area (Å²) >= 11 is 0. The lowest BCUT2D eigenvalue weighted by atomic mass is 9.96. The number of nitrogens with zero attached hydrogens (tertiary/aromatic N) is 1. The van der Waals surface area contributed by atoms with Crippen molar-refractivity contribution >= 4 is 23.2 Å². The second-order valence-corrected chi connectivity index (χ2v) is 10.6. The zero-order valence-corrected chi connectivity index (χ0v) is 23.6. The molecule has 2 rings (SSSR count). The predicted octanol–water partition coefficient (Wildman–Crippen LogP) is 7.20. The highest BCUT2D eigenvalue weighted by atomic mass is 16.5. The van der Waals surface area contributed by atoms with Crippen LogP contribution in [0.5, 0.6) is 0 Å². The number of ether oxygens (including phenoxy) is 1. The van der Waals surface area contributed by atoms with Gasteiger partial charge in [0.25, 0.3) is 0 Å². The number of hydrogen-bond acceptors (Lipinski definition) is 5. The van der Waals surface area contributed by atoms with Gasteiger partial charge in [-0.3, -0.25) is 14.6 Å². The lowest BCUT2D eigenvalue weighted by molar-refractivity contribution is -0.152. The minimum Gasteiger partial charge on any atom is -0.461 e. The standard InChI is InChI=1S/C31H46N2O3/c1-9-25(17-23(8)28(34)10-2)29(20(3)4)33-27-18-24(16-15-22(27)7)19-32-30(21(5)6)31(35)36-26-13-11-12-14-26/h9,15-18,20-21,26,30,32H,10-14,19H2,1-8H3/b23-17-,25-9+,33-29+. The molecule has 5 nitrogen and oxygen atoms in total. The summed E-state index contributed by atoms with van der Waals surface area (Å²) < 4.78 is 5.78. The molecule has 0 heterocycles. The molecular weight excluding hydrogens is 448 g/mol. The third-order valence-corrected chi connectivity index (χ3v) is 6.83. The number of carbonyl (C=O) groups excluding carboxylic acids is 2. The molecule has 1 aromatic rings. The van der Waals surface area contributed by atoms with Crippen molar-refractivity contribution in [3.63, 3.8) is 0 Å². The van der Waals surface area contributed by atoms with E-state index in [4.69, 9.17) is 9.73 Å². The minimum absolute atomic E-state index is 0.0708. The lowest BCUT2D eigenvalue weighted by Crippen LogP contribution is -2.42. The Morgan fingerprint density at radius 2 is 1.83 bits per heavy atom. The number of hydrogen-bond donors (Lipinski definition) is 1. The highest BCUT2D eigenvalue weighted by Crippen LogP contribution is 2.25. The molecule has 198 valence electrons. The molecule has 0 radical (unpaired) electrons. The van der Waals surface area contributed by atoms with Crippen LogP contribution < -0.4 is 5.32 Å². The fourth-order valence-corrected chi connectivity index (χ4v) is 4.50. The number of ketones is 1. The summed E-state index contributed by atoms with van der Waals surface area (Å²) in [5, 5.41) is 3.43. The minimum atomic E-state index is -0.344. The lowest BCUT2D eigenvalue weighted by Gasteiger charge is -2.23. The van der Waals surface area contributed by atoms with Gasteiger partial charge in [0.1, 0.15) is 12.1 Å². The van der Waals surface area contributed by atoms with Crippen LogP contribution in [0.1, 0.15) is 91.7 Å². The summed E-state index contributed by atoms with van der Waals surface area (Å²) in [4.78, 5) is 30.0. The third-order valence-electron chi connectivity index (χ3n) is 6.83. The Bertz CT molecular complexity index is 995. The zero-order chi connectivity index (χ0) is 26.8. The number of aryl methyl sites for hydroxylation is 1. The van der Waals surface area contributed by atoms with Gasteiger partial charge in [0.05, 0.1) is 11.4 Å². The monoisotopic (exact) mass is 494 g/mol. The first kappa shape index (κ1) is 29.7. The van der Waals surface area contributed by atoms with Crippen LogP contribution in [-0.2, 0) is 20.9 Å². The average molecular weight is 495 g/mol. The molecule has 1 unspecified atom stereocenters. The Labute approximate surface area is 218 Å². The average Bonchev–Trinajstić information content (AvgIpc) is 3.34. The molecule has 0 aliphatic heterocycles.